The van der Waals surface area contributed by atoms with Gasteiger partial charge in [0.25, 0.3) is 0 Å². The number of aliphatic imine (C=N–C) groups is 1. The molecule has 176 valence electrons. The van der Waals surface area contributed by atoms with Crippen LogP contribution < -0.4 is 20.1 Å². The lowest BCUT2D eigenvalue weighted by atomic mass is 9.98. The molecule has 1 amide bonds. The summed E-state index contributed by atoms with van der Waals surface area (Å²) in [5, 5.41) is 6.64. The quantitative estimate of drug-likeness (QED) is 0.313. The Morgan fingerprint density at radius 2 is 2.03 bits per heavy atom. The molecule has 1 aliphatic rings. The van der Waals surface area contributed by atoms with Crippen molar-refractivity contribution in [2.24, 2.45) is 10.9 Å². The summed E-state index contributed by atoms with van der Waals surface area (Å²) in [7, 11) is 3.35. The number of likely N-dealkylation sites (tertiary alicyclic amines) is 1. The zero-order chi connectivity index (χ0) is 22.1. The summed E-state index contributed by atoms with van der Waals surface area (Å²) >= 11 is 0. The van der Waals surface area contributed by atoms with E-state index in [1.54, 1.807) is 19.1 Å². The Kier molecular flexibility index (Phi) is 11.2. The highest BCUT2D eigenvalue weighted by atomic mass is 127. The summed E-state index contributed by atoms with van der Waals surface area (Å²) in [5.41, 5.74) is 0.370. The maximum absolute atomic E-state index is 12.4. The van der Waals surface area contributed by atoms with Crippen molar-refractivity contribution in [2.75, 3.05) is 45.7 Å². The second-order valence-electron chi connectivity index (χ2n) is 8.31. The molecule has 0 bridgehead atoms. The molecule has 31 heavy (non-hydrogen) atoms. The van der Waals surface area contributed by atoms with Crippen LogP contribution >= 0.6 is 24.0 Å². The van der Waals surface area contributed by atoms with Gasteiger partial charge in [0, 0.05) is 38.4 Å². The number of hydrogen-bond acceptors (Lipinski definition) is 5. The molecule has 1 atom stereocenters. The van der Waals surface area contributed by atoms with Gasteiger partial charge in [-0.1, -0.05) is 0 Å². The van der Waals surface area contributed by atoms with Gasteiger partial charge in [0.15, 0.2) is 17.5 Å². The maximum Gasteiger partial charge on any atom is 0.410 e. The van der Waals surface area contributed by atoms with Crippen LogP contribution in [0, 0.1) is 5.92 Å². The van der Waals surface area contributed by atoms with E-state index in [1.165, 1.54) is 0 Å². The summed E-state index contributed by atoms with van der Waals surface area (Å²) in [6, 6.07) is 5.67. The monoisotopic (exact) mass is 548 g/mol. The minimum Gasteiger partial charge on any atom is -0.493 e. The predicted molar refractivity (Wildman–Crippen MR) is 135 cm³/mol. The van der Waals surface area contributed by atoms with Crippen LogP contribution in [0.5, 0.6) is 11.5 Å². The largest absolute Gasteiger partial charge is 0.493 e. The normalized spacial score (nSPS) is 16.8. The first-order chi connectivity index (χ1) is 14.3. The standard InChI is InChI=1S/C22H36N4O4.HI/c1-7-29-18-11-10-17(13-19(18)28-6)25-20(23-5)24-14-16-9-8-12-26(15-16)21(27)30-22(2,3)4;/h10-11,13,16H,7-9,12,14-15H2,1-6H3,(H2,23,24,25);1H. The van der Waals surface area contributed by atoms with Crippen LogP contribution in [-0.2, 0) is 4.74 Å². The number of anilines is 1. The maximum atomic E-state index is 12.4. The zero-order valence-corrected chi connectivity index (χ0v) is 21.8. The van der Waals surface area contributed by atoms with Gasteiger partial charge in [0.05, 0.1) is 13.7 Å². The van der Waals surface area contributed by atoms with Crippen molar-refractivity contribution in [1.82, 2.24) is 10.2 Å². The molecule has 0 aliphatic carbocycles. The minimum absolute atomic E-state index is 0. The summed E-state index contributed by atoms with van der Waals surface area (Å²) < 4.78 is 16.5. The smallest absolute Gasteiger partial charge is 0.410 e. The predicted octanol–water partition coefficient (Wildman–Crippen LogP) is 4.35. The molecule has 1 heterocycles. The van der Waals surface area contributed by atoms with E-state index >= 15 is 0 Å². The van der Waals surface area contributed by atoms with Crippen molar-refractivity contribution in [3.63, 3.8) is 0 Å². The third-order valence-electron chi connectivity index (χ3n) is 4.68. The molecule has 0 aromatic heterocycles. The van der Waals surface area contributed by atoms with Crippen LogP contribution in [0.3, 0.4) is 0 Å². The van der Waals surface area contributed by atoms with E-state index in [0.717, 1.165) is 25.1 Å². The van der Waals surface area contributed by atoms with E-state index in [1.807, 2.05) is 45.9 Å². The molecular formula is C22H37IN4O4. The second kappa shape index (κ2) is 12.8. The number of rotatable bonds is 6. The third-order valence-corrected chi connectivity index (χ3v) is 4.68. The van der Waals surface area contributed by atoms with E-state index in [0.29, 0.717) is 43.1 Å². The van der Waals surface area contributed by atoms with Crippen molar-refractivity contribution in [3.8, 4) is 11.5 Å². The van der Waals surface area contributed by atoms with Crippen LogP contribution in [0.25, 0.3) is 0 Å². The lowest BCUT2D eigenvalue weighted by Crippen LogP contribution is -2.46. The van der Waals surface area contributed by atoms with Crippen LogP contribution in [0.4, 0.5) is 10.5 Å². The molecule has 1 aromatic carbocycles. The first kappa shape index (κ1) is 27.1. The Morgan fingerprint density at radius 1 is 1.29 bits per heavy atom. The Labute approximate surface area is 203 Å². The molecule has 2 rings (SSSR count). The van der Waals surface area contributed by atoms with E-state index in [-0.39, 0.29) is 30.1 Å². The van der Waals surface area contributed by atoms with Gasteiger partial charge >= 0.3 is 6.09 Å². The Balaban J connectivity index is 0.00000480. The number of ether oxygens (including phenoxy) is 3. The molecule has 0 radical (unpaired) electrons. The average molecular weight is 548 g/mol. The van der Waals surface area contributed by atoms with E-state index < -0.39 is 5.60 Å². The number of piperidine rings is 1. The summed E-state index contributed by atoms with van der Waals surface area (Å²) in [4.78, 5) is 18.5. The fourth-order valence-electron chi connectivity index (χ4n) is 3.30. The van der Waals surface area contributed by atoms with Gasteiger partial charge in [0.2, 0.25) is 0 Å². The van der Waals surface area contributed by atoms with Crippen LogP contribution in [-0.4, -0.2) is 63.0 Å². The number of halogens is 1. The topological polar surface area (TPSA) is 84.4 Å². The number of hydrogen-bond donors (Lipinski definition) is 2. The average Bonchev–Trinajstić information content (AvgIpc) is 2.71. The molecule has 8 nitrogen and oxygen atoms in total. The zero-order valence-electron chi connectivity index (χ0n) is 19.5. The van der Waals surface area contributed by atoms with Crippen molar-refractivity contribution in [3.05, 3.63) is 18.2 Å². The highest BCUT2D eigenvalue weighted by molar-refractivity contribution is 14.0. The molecule has 1 aliphatic heterocycles. The summed E-state index contributed by atoms with van der Waals surface area (Å²) in [6.45, 7) is 10.3. The molecule has 1 saturated heterocycles. The van der Waals surface area contributed by atoms with Gasteiger partial charge in [-0.25, -0.2) is 4.79 Å². The van der Waals surface area contributed by atoms with Gasteiger partial charge < -0.3 is 29.7 Å². The van der Waals surface area contributed by atoms with E-state index in [9.17, 15) is 4.79 Å². The number of nitrogens with one attached hydrogen (secondary N) is 2. The van der Waals surface area contributed by atoms with Crippen LogP contribution in [0.2, 0.25) is 0 Å². The summed E-state index contributed by atoms with van der Waals surface area (Å²) in [5.74, 6) is 2.37. The molecule has 0 saturated carbocycles. The fourth-order valence-corrected chi connectivity index (χ4v) is 3.30. The van der Waals surface area contributed by atoms with Crippen molar-refractivity contribution >= 4 is 41.7 Å². The SMILES string of the molecule is CCOc1ccc(NC(=NC)NCC2CCCN(C(=O)OC(C)(C)C)C2)cc1OC.I. The molecule has 2 N–H and O–H groups in total. The molecule has 1 unspecified atom stereocenters. The van der Waals surface area contributed by atoms with Crippen LogP contribution in [0.1, 0.15) is 40.5 Å². The fraction of sp³-hybridized carbons (Fsp3) is 0.636. The first-order valence-electron chi connectivity index (χ1n) is 10.5. The Hall–Kier alpha value is -1.91. The highest BCUT2D eigenvalue weighted by Gasteiger charge is 2.27. The minimum atomic E-state index is -0.479. The van der Waals surface area contributed by atoms with Crippen molar-refractivity contribution in [1.29, 1.82) is 0 Å². The number of nitrogens with zero attached hydrogens (tertiary/aromatic N) is 2. The van der Waals surface area contributed by atoms with Gasteiger partial charge in [-0.2, -0.15) is 0 Å². The van der Waals surface area contributed by atoms with Gasteiger partial charge in [-0.3, -0.25) is 4.99 Å². The second-order valence-corrected chi connectivity index (χ2v) is 8.31. The molecular weight excluding hydrogens is 511 g/mol. The van der Waals surface area contributed by atoms with Gasteiger partial charge in [0.1, 0.15) is 5.60 Å². The van der Waals surface area contributed by atoms with Crippen molar-refractivity contribution < 1.29 is 19.0 Å². The highest BCUT2D eigenvalue weighted by Crippen LogP contribution is 2.30. The van der Waals surface area contributed by atoms with Crippen LogP contribution in [0.15, 0.2) is 23.2 Å². The first-order valence-corrected chi connectivity index (χ1v) is 10.5. The van der Waals surface area contributed by atoms with Crippen molar-refractivity contribution in [2.45, 2.75) is 46.1 Å². The molecule has 9 heteroatoms. The Morgan fingerprint density at radius 3 is 2.65 bits per heavy atom. The van der Waals surface area contributed by atoms with Gasteiger partial charge in [-0.15, -0.1) is 24.0 Å². The third kappa shape index (κ3) is 9.00. The Bertz CT molecular complexity index is 737. The van der Waals surface area contributed by atoms with Gasteiger partial charge in [-0.05, 0) is 58.6 Å². The van der Waals surface area contributed by atoms with E-state index in [4.69, 9.17) is 14.2 Å². The van der Waals surface area contributed by atoms with E-state index in [2.05, 4.69) is 15.6 Å². The lowest BCUT2D eigenvalue weighted by Gasteiger charge is -2.34. The number of methoxy groups -OCH3 is 1. The molecule has 0 spiro atoms. The molecule has 1 fully saturated rings. The lowest BCUT2D eigenvalue weighted by molar-refractivity contribution is 0.0168. The number of amides is 1. The number of guanidine groups is 1. The number of carbonyl (C=O) groups excluding carboxylic acids is 1. The number of carbonyl (C=O) groups is 1. The molecule has 1 aromatic rings. The summed E-state index contributed by atoms with van der Waals surface area (Å²) in [6.07, 6.45) is 1.78. The number of benzene rings is 1.